The highest BCUT2D eigenvalue weighted by atomic mass is 79.9. The monoisotopic (exact) mass is 459 g/mol. The summed E-state index contributed by atoms with van der Waals surface area (Å²) in [5, 5.41) is 13.9. The van der Waals surface area contributed by atoms with Gasteiger partial charge in [-0.3, -0.25) is 14.2 Å². The second kappa shape index (κ2) is 9.52. The van der Waals surface area contributed by atoms with Gasteiger partial charge in [-0.15, -0.1) is 10.2 Å². The molecule has 0 saturated heterocycles. The van der Waals surface area contributed by atoms with Crippen molar-refractivity contribution in [1.29, 1.82) is 0 Å². The van der Waals surface area contributed by atoms with E-state index in [4.69, 9.17) is 0 Å². The summed E-state index contributed by atoms with van der Waals surface area (Å²) in [6.07, 6.45) is 1.61. The summed E-state index contributed by atoms with van der Waals surface area (Å²) in [6.45, 7) is 1.92. The fraction of sp³-hybridized carbons (Fsp3) is 0.158. The third-order valence-corrected chi connectivity index (χ3v) is 5.21. The Morgan fingerprint density at radius 2 is 1.79 bits per heavy atom. The lowest BCUT2D eigenvalue weighted by atomic mass is 10.2. The number of thioether (sulfide) groups is 1. The zero-order valence-electron chi connectivity index (χ0n) is 15.1. The Labute approximate surface area is 175 Å². The summed E-state index contributed by atoms with van der Waals surface area (Å²) < 4.78 is 2.74. The minimum atomic E-state index is -0.288. The van der Waals surface area contributed by atoms with Crippen LogP contribution < -0.4 is 10.6 Å². The summed E-state index contributed by atoms with van der Waals surface area (Å²) in [7, 11) is 0. The molecule has 3 aromatic rings. The van der Waals surface area contributed by atoms with E-state index in [1.807, 2.05) is 47.9 Å². The van der Waals surface area contributed by atoms with Gasteiger partial charge in [0.15, 0.2) is 5.16 Å². The fourth-order valence-electron chi connectivity index (χ4n) is 2.30. The molecule has 0 fully saturated rings. The van der Waals surface area contributed by atoms with Crippen LogP contribution >= 0.6 is 27.7 Å². The Balaban J connectivity index is 1.47. The number of carbonyl (C=O) groups is 2. The number of anilines is 1. The van der Waals surface area contributed by atoms with Gasteiger partial charge in [-0.05, 0) is 43.3 Å². The lowest BCUT2D eigenvalue weighted by Gasteiger charge is -2.08. The molecule has 0 unspecified atom stereocenters. The van der Waals surface area contributed by atoms with Crippen molar-refractivity contribution in [1.82, 2.24) is 20.1 Å². The molecule has 1 aromatic heterocycles. The molecule has 2 amide bonds. The van der Waals surface area contributed by atoms with Crippen molar-refractivity contribution >= 4 is 45.2 Å². The van der Waals surface area contributed by atoms with Gasteiger partial charge in [0.2, 0.25) is 11.8 Å². The summed E-state index contributed by atoms with van der Waals surface area (Å²) in [5.74, 6) is -0.409. The van der Waals surface area contributed by atoms with Crippen molar-refractivity contribution in [2.75, 3.05) is 17.6 Å². The second-order valence-corrected chi connectivity index (χ2v) is 7.80. The summed E-state index contributed by atoms with van der Waals surface area (Å²) in [6, 6.07) is 15.1. The molecule has 0 aliphatic heterocycles. The smallest absolute Gasteiger partial charge is 0.243 e. The number of carbonyl (C=O) groups excluding carboxylic acids is 2. The summed E-state index contributed by atoms with van der Waals surface area (Å²) >= 11 is 4.59. The molecule has 0 atom stereocenters. The van der Waals surface area contributed by atoms with Crippen LogP contribution in [0.15, 0.2) is 64.5 Å². The molecule has 0 radical (unpaired) electrons. The quantitative estimate of drug-likeness (QED) is 0.529. The standard InChI is InChI=1S/C19H18BrN5O2S/c1-13-2-8-16(9-3-13)25-12-22-24-19(25)28-11-18(27)21-10-17(26)23-15-6-4-14(20)5-7-15/h2-9,12H,10-11H2,1H3,(H,21,27)(H,23,26). The topological polar surface area (TPSA) is 88.9 Å². The highest BCUT2D eigenvalue weighted by molar-refractivity contribution is 9.10. The zero-order valence-corrected chi connectivity index (χ0v) is 17.5. The van der Waals surface area contributed by atoms with E-state index in [-0.39, 0.29) is 24.1 Å². The predicted octanol–water partition coefficient (Wildman–Crippen LogP) is 3.19. The van der Waals surface area contributed by atoms with Gasteiger partial charge in [0, 0.05) is 15.8 Å². The number of rotatable bonds is 7. The van der Waals surface area contributed by atoms with Gasteiger partial charge in [-0.2, -0.15) is 0 Å². The van der Waals surface area contributed by atoms with Crippen LogP contribution in [0.5, 0.6) is 0 Å². The molecule has 2 N–H and O–H groups in total. The van der Waals surface area contributed by atoms with E-state index >= 15 is 0 Å². The lowest BCUT2D eigenvalue weighted by Crippen LogP contribution is -2.33. The molecule has 1 heterocycles. The number of hydrogen-bond donors (Lipinski definition) is 2. The van der Waals surface area contributed by atoms with Crippen LogP contribution in [0.25, 0.3) is 5.69 Å². The Hall–Kier alpha value is -2.65. The van der Waals surface area contributed by atoms with Crippen molar-refractivity contribution in [3.05, 3.63) is 64.9 Å². The lowest BCUT2D eigenvalue weighted by molar-refractivity contribution is -0.122. The third kappa shape index (κ3) is 5.67. The average molecular weight is 460 g/mol. The van der Waals surface area contributed by atoms with E-state index in [1.54, 1.807) is 18.5 Å². The number of nitrogens with zero attached hydrogens (tertiary/aromatic N) is 3. The molecule has 0 aliphatic carbocycles. The molecular weight excluding hydrogens is 442 g/mol. The van der Waals surface area contributed by atoms with Crippen molar-refractivity contribution in [2.45, 2.75) is 12.1 Å². The van der Waals surface area contributed by atoms with Crippen LogP contribution in [-0.2, 0) is 9.59 Å². The SMILES string of the molecule is Cc1ccc(-n2cnnc2SCC(=O)NCC(=O)Nc2ccc(Br)cc2)cc1. The third-order valence-electron chi connectivity index (χ3n) is 3.74. The predicted molar refractivity (Wildman–Crippen MR) is 113 cm³/mol. The fourth-order valence-corrected chi connectivity index (χ4v) is 3.33. The van der Waals surface area contributed by atoms with Crippen molar-refractivity contribution in [3.63, 3.8) is 0 Å². The molecular formula is C19H18BrN5O2S. The maximum Gasteiger partial charge on any atom is 0.243 e. The Bertz CT molecular complexity index is 957. The maximum atomic E-state index is 12.1. The maximum absolute atomic E-state index is 12.1. The van der Waals surface area contributed by atoms with Gasteiger partial charge in [0.1, 0.15) is 6.33 Å². The van der Waals surface area contributed by atoms with Gasteiger partial charge in [-0.1, -0.05) is 45.4 Å². The van der Waals surface area contributed by atoms with Crippen LogP contribution in [0, 0.1) is 6.92 Å². The number of aromatic nitrogens is 3. The molecule has 3 rings (SSSR count). The molecule has 0 aliphatic rings. The molecule has 2 aromatic carbocycles. The van der Waals surface area contributed by atoms with Gasteiger partial charge < -0.3 is 10.6 Å². The van der Waals surface area contributed by atoms with Gasteiger partial charge >= 0.3 is 0 Å². The van der Waals surface area contributed by atoms with E-state index in [0.29, 0.717) is 10.8 Å². The zero-order chi connectivity index (χ0) is 19.9. The van der Waals surface area contributed by atoms with Crippen LogP contribution in [0.2, 0.25) is 0 Å². The highest BCUT2D eigenvalue weighted by Gasteiger charge is 2.11. The first-order chi connectivity index (χ1) is 13.5. The molecule has 9 heteroatoms. The summed E-state index contributed by atoms with van der Waals surface area (Å²) in [4.78, 5) is 24.0. The Kier molecular flexibility index (Phi) is 6.83. The van der Waals surface area contributed by atoms with E-state index in [1.165, 1.54) is 11.8 Å². The molecule has 0 saturated carbocycles. The van der Waals surface area contributed by atoms with E-state index < -0.39 is 0 Å². The minimum Gasteiger partial charge on any atom is -0.346 e. The van der Waals surface area contributed by atoms with Crippen LogP contribution in [0.1, 0.15) is 5.56 Å². The molecule has 28 heavy (non-hydrogen) atoms. The first kappa shape index (κ1) is 20.1. The number of halogens is 1. The van der Waals surface area contributed by atoms with Crippen molar-refractivity contribution in [2.24, 2.45) is 0 Å². The average Bonchev–Trinajstić information content (AvgIpc) is 3.16. The van der Waals surface area contributed by atoms with E-state index in [2.05, 4.69) is 36.8 Å². The van der Waals surface area contributed by atoms with E-state index in [9.17, 15) is 9.59 Å². The van der Waals surface area contributed by atoms with Crippen molar-refractivity contribution in [3.8, 4) is 5.69 Å². The Morgan fingerprint density at radius 3 is 2.50 bits per heavy atom. The van der Waals surface area contributed by atoms with Crippen LogP contribution in [0.4, 0.5) is 5.69 Å². The number of hydrogen-bond acceptors (Lipinski definition) is 5. The van der Waals surface area contributed by atoms with Gasteiger partial charge in [0.25, 0.3) is 0 Å². The first-order valence-corrected chi connectivity index (χ1v) is 10.2. The van der Waals surface area contributed by atoms with Gasteiger partial charge in [-0.25, -0.2) is 0 Å². The second-order valence-electron chi connectivity index (χ2n) is 5.94. The molecule has 144 valence electrons. The minimum absolute atomic E-state index is 0.0971. The van der Waals surface area contributed by atoms with E-state index in [0.717, 1.165) is 15.7 Å². The molecule has 0 bridgehead atoms. The normalized spacial score (nSPS) is 10.5. The first-order valence-electron chi connectivity index (χ1n) is 8.43. The molecule has 0 spiro atoms. The largest absolute Gasteiger partial charge is 0.346 e. The number of aryl methyl sites for hydroxylation is 1. The number of benzene rings is 2. The number of nitrogens with one attached hydrogen (secondary N) is 2. The highest BCUT2D eigenvalue weighted by Crippen LogP contribution is 2.19. The summed E-state index contributed by atoms with van der Waals surface area (Å²) in [5.41, 5.74) is 2.75. The van der Waals surface area contributed by atoms with Crippen LogP contribution in [0.3, 0.4) is 0 Å². The van der Waals surface area contributed by atoms with Gasteiger partial charge in [0.05, 0.1) is 12.3 Å². The number of amides is 2. The Morgan fingerprint density at radius 1 is 1.07 bits per heavy atom. The molecule has 7 nitrogen and oxygen atoms in total. The van der Waals surface area contributed by atoms with Crippen molar-refractivity contribution < 1.29 is 9.59 Å². The van der Waals surface area contributed by atoms with Crippen LogP contribution in [-0.4, -0.2) is 38.9 Å².